The fraction of sp³-hybridized carbons (Fsp3) is 0.833. The Hall–Kier alpha value is -0.940. The third-order valence-corrected chi connectivity index (χ3v) is 3.83. The minimum absolute atomic E-state index is 0. The second kappa shape index (κ2) is 15.0. The number of nitrogens with zero attached hydrogens (tertiary/aromatic N) is 3. The first-order valence-corrected chi connectivity index (χ1v) is 9.59. The first-order valence-electron chi connectivity index (χ1n) is 9.59. The molecular formula is C18H36IN5O3. The van der Waals surface area contributed by atoms with Crippen molar-refractivity contribution in [2.45, 2.75) is 66.7 Å². The number of nitrogens with one attached hydrogen (secondary N) is 2. The molecule has 8 nitrogen and oxygen atoms in total. The highest BCUT2D eigenvalue weighted by Gasteiger charge is 2.14. The lowest BCUT2D eigenvalue weighted by Crippen LogP contribution is -2.39. The summed E-state index contributed by atoms with van der Waals surface area (Å²) >= 11 is 0. The third kappa shape index (κ3) is 10.2. The average Bonchev–Trinajstić information content (AvgIpc) is 3.08. The fourth-order valence-corrected chi connectivity index (χ4v) is 2.47. The molecule has 9 heteroatoms. The van der Waals surface area contributed by atoms with Crippen LogP contribution in [0, 0.1) is 5.92 Å². The first-order chi connectivity index (χ1) is 12.5. The summed E-state index contributed by atoms with van der Waals surface area (Å²) in [6.45, 7) is 15.5. The summed E-state index contributed by atoms with van der Waals surface area (Å²) in [4.78, 5) is 8.84. The van der Waals surface area contributed by atoms with Crippen molar-refractivity contribution in [3.05, 3.63) is 11.7 Å². The van der Waals surface area contributed by atoms with E-state index >= 15 is 0 Å². The number of aliphatic imine (C=N–C) groups is 1. The Balaban J connectivity index is 0.00000676. The van der Waals surface area contributed by atoms with Gasteiger partial charge in [-0.05, 0) is 40.0 Å². The molecule has 2 unspecified atom stereocenters. The van der Waals surface area contributed by atoms with Crippen molar-refractivity contribution in [2.75, 3.05) is 26.3 Å². The van der Waals surface area contributed by atoms with Gasteiger partial charge in [-0.15, -0.1) is 24.0 Å². The summed E-state index contributed by atoms with van der Waals surface area (Å²) < 4.78 is 16.5. The summed E-state index contributed by atoms with van der Waals surface area (Å²) in [6.07, 6.45) is 0.986. The largest absolute Gasteiger partial charge is 0.378 e. The highest BCUT2D eigenvalue weighted by atomic mass is 127. The predicted molar refractivity (Wildman–Crippen MR) is 117 cm³/mol. The third-order valence-electron chi connectivity index (χ3n) is 3.83. The number of hydrogen-bond donors (Lipinski definition) is 2. The van der Waals surface area contributed by atoms with Crippen LogP contribution in [0.15, 0.2) is 9.52 Å². The van der Waals surface area contributed by atoms with Crippen LogP contribution in [0.25, 0.3) is 0 Å². The van der Waals surface area contributed by atoms with Crippen molar-refractivity contribution in [3.8, 4) is 0 Å². The molecule has 0 saturated carbocycles. The molecule has 0 amide bonds. The maximum Gasteiger partial charge on any atom is 0.248 e. The molecule has 2 N–H and O–H groups in total. The molecule has 0 radical (unpaired) electrons. The van der Waals surface area contributed by atoms with Gasteiger partial charge in [-0.2, -0.15) is 4.98 Å². The van der Waals surface area contributed by atoms with Crippen molar-refractivity contribution >= 4 is 29.9 Å². The first kappa shape index (κ1) is 26.1. The van der Waals surface area contributed by atoms with Crippen LogP contribution in [-0.2, 0) is 16.0 Å². The Morgan fingerprint density at radius 2 is 1.81 bits per heavy atom. The molecule has 1 rings (SSSR count). The van der Waals surface area contributed by atoms with Crippen LogP contribution in [0.1, 0.15) is 65.8 Å². The summed E-state index contributed by atoms with van der Waals surface area (Å²) in [7, 11) is 0. The van der Waals surface area contributed by atoms with E-state index in [0.717, 1.165) is 32.1 Å². The summed E-state index contributed by atoms with van der Waals surface area (Å²) in [5.74, 6) is 2.23. The molecule has 2 atom stereocenters. The van der Waals surface area contributed by atoms with E-state index in [-0.39, 0.29) is 36.2 Å². The number of hydrogen-bond acceptors (Lipinski definition) is 6. The van der Waals surface area contributed by atoms with E-state index in [4.69, 9.17) is 14.0 Å². The molecular weight excluding hydrogens is 461 g/mol. The van der Waals surface area contributed by atoms with Crippen LogP contribution in [0.3, 0.4) is 0 Å². The minimum Gasteiger partial charge on any atom is -0.378 e. The Kier molecular flexibility index (Phi) is 14.5. The zero-order valence-electron chi connectivity index (χ0n) is 17.4. The minimum atomic E-state index is -0.181. The van der Waals surface area contributed by atoms with Crippen molar-refractivity contribution in [1.82, 2.24) is 20.8 Å². The summed E-state index contributed by atoms with van der Waals surface area (Å²) in [5, 5.41) is 10.5. The molecule has 1 aromatic rings. The van der Waals surface area contributed by atoms with Gasteiger partial charge in [-0.3, -0.25) is 0 Å². The van der Waals surface area contributed by atoms with E-state index < -0.39 is 0 Å². The standard InChI is InChI=1S/C18H35N5O3.HI/c1-7-19-18(20-11-10-15(13(4)5)25-9-3)21-12-16-22-17(23-26-16)14(6)24-8-2;/h13-15H,7-12H2,1-6H3,(H2,19,20,21);1H. The molecule has 0 aliphatic rings. The van der Waals surface area contributed by atoms with Crippen LogP contribution in [0.5, 0.6) is 0 Å². The highest BCUT2D eigenvalue weighted by molar-refractivity contribution is 14.0. The van der Waals surface area contributed by atoms with Crippen LogP contribution in [0.4, 0.5) is 0 Å². The molecule has 0 aromatic carbocycles. The lowest BCUT2D eigenvalue weighted by molar-refractivity contribution is 0.0258. The summed E-state index contributed by atoms with van der Waals surface area (Å²) in [6, 6.07) is 0. The zero-order valence-corrected chi connectivity index (χ0v) is 19.8. The van der Waals surface area contributed by atoms with Crippen molar-refractivity contribution in [1.29, 1.82) is 0 Å². The quantitative estimate of drug-likeness (QED) is 0.260. The molecule has 0 fully saturated rings. The van der Waals surface area contributed by atoms with Gasteiger partial charge in [0.1, 0.15) is 12.6 Å². The molecule has 0 aliphatic heterocycles. The van der Waals surface area contributed by atoms with E-state index in [2.05, 4.69) is 39.6 Å². The van der Waals surface area contributed by atoms with Gasteiger partial charge in [0.25, 0.3) is 0 Å². The molecule has 158 valence electrons. The molecule has 0 aliphatic carbocycles. The number of halogens is 1. The van der Waals surface area contributed by atoms with E-state index in [9.17, 15) is 0 Å². The van der Waals surface area contributed by atoms with E-state index in [1.165, 1.54) is 0 Å². The van der Waals surface area contributed by atoms with Crippen molar-refractivity contribution < 1.29 is 14.0 Å². The van der Waals surface area contributed by atoms with Crippen LogP contribution < -0.4 is 10.6 Å². The maximum atomic E-state index is 5.77. The lowest BCUT2D eigenvalue weighted by atomic mass is 10.0. The fourth-order valence-electron chi connectivity index (χ4n) is 2.47. The average molecular weight is 497 g/mol. The smallest absolute Gasteiger partial charge is 0.248 e. The van der Waals surface area contributed by atoms with E-state index in [1.807, 2.05) is 27.7 Å². The van der Waals surface area contributed by atoms with Crippen LogP contribution >= 0.6 is 24.0 Å². The molecule has 27 heavy (non-hydrogen) atoms. The normalized spacial score (nSPS) is 14.0. The van der Waals surface area contributed by atoms with Crippen LogP contribution in [-0.4, -0.2) is 48.5 Å². The van der Waals surface area contributed by atoms with Crippen molar-refractivity contribution in [2.24, 2.45) is 10.9 Å². The van der Waals surface area contributed by atoms with Crippen molar-refractivity contribution in [3.63, 3.8) is 0 Å². The van der Waals surface area contributed by atoms with Gasteiger partial charge in [-0.1, -0.05) is 19.0 Å². The Morgan fingerprint density at radius 1 is 1.11 bits per heavy atom. The Labute approximate surface area is 180 Å². The molecule has 0 spiro atoms. The zero-order chi connectivity index (χ0) is 19.4. The number of aromatic nitrogens is 2. The monoisotopic (exact) mass is 497 g/mol. The highest BCUT2D eigenvalue weighted by Crippen LogP contribution is 2.13. The molecule has 0 bridgehead atoms. The Morgan fingerprint density at radius 3 is 2.41 bits per heavy atom. The number of rotatable bonds is 12. The molecule has 1 heterocycles. The maximum absolute atomic E-state index is 5.77. The van der Waals surface area contributed by atoms with E-state index in [1.54, 1.807) is 0 Å². The second-order valence-corrected chi connectivity index (χ2v) is 6.29. The SMILES string of the molecule is CCNC(=NCc1nc(C(C)OCC)no1)NCCC(OCC)C(C)C.I. The second-order valence-electron chi connectivity index (χ2n) is 6.29. The Bertz CT molecular complexity index is 525. The van der Waals surface area contributed by atoms with Gasteiger partial charge in [0, 0.05) is 26.3 Å². The van der Waals surface area contributed by atoms with Gasteiger partial charge >= 0.3 is 0 Å². The van der Waals surface area contributed by atoms with Crippen LogP contribution in [0.2, 0.25) is 0 Å². The van der Waals surface area contributed by atoms with E-state index in [0.29, 0.717) is 30.8 Å². The lowest BCUT2D eigenvalue weighted by Gasteiger charge is -2.21. The molecule has 1 aromatic heterocycles. The van der Waals surface area contributed by atoms with Gasteiger partial charge < -0.3 is 24.6 Å². The predicted octanol–water partition coefficient (Wildman–Crippen LogP) is 3.29. The topological polar surface area (TPSA) is 93.8 Å². The molecule has 0 saturated heterocycles. The van der Waals surface area contributed by atoms with Gasteiger partial charge in [-0.25, -0.2) is 4.99 Å². The van der Waals surface area contributed by atoms with Gasteiger partial charge in [0.05, 0.1) is 6.10 Å². The number of ether oxygens (including phenoxy) is 2. The summed E-state index contributed by atoms with van der Waals surface area (Å²) in [5.41, 5.74) is 0. The van der Waals surface area contributed by atoms with Gasteiger partial charge in [0.15, 0.2) is 11.8 Å². The number of guanidine groups is 1. The van der Waals surface area contributed by atoms with Gasteiger partial charge in [0.2, 0.25) is 5.89 Å².